The number of amides is 1. The maximum Gasteiger partial charge on any atom is 0.348 e. The highest BCUT2D eigenvalue weighted by molar-refractivity contribution is 7.16. The molecule has 0 radical (unpaired) electrons. The molecule has 2 aromatic rings. The van der Waals surface area contributed by atoms with Crippen molar-refractivity contribution in [1.82, 2.24) is 5.32 Å². The van der Waals surface area contributed by atoms with Gasteiger partial charge in [0.1, 0.15) is 58.4 Å². The molecule has 0 aliphatic heterocycles. The second-order valence-electron chi connectivity index (χ2n) is 9.27. The third-order valence-electron chi connectivity index (χ3n) is 6.72. The number of aromatic carboxylic acids is 1. The largest absolute Gasteiger partial charge is 0.477 e. The molecule has 4 N–H and O–H groups in total. The smallest absolute Gasteiger partial charge is 0.348 e. The molecule has 0 saturated heterocycles. The first-order chi connectivity index (χ1) is 21.6. The Morgan fingerprint density at radius 3 is 1.49 bits per heavy atom. The second kappa shape index (κ2) is 19.5. The molecule has 6 atom stereocenters. The number of hydrogen-bond acceptors (Lipinski definition) is 15. The van der Waals surface area contributed by atoms with Gasteiger partial charge in [0.25, 0.3) is 5.91 Å². The molecule has 0 fully saturated rings. The lowest BCUT2D eigenvalue weighted by Gasteiger charge is -2.30. The lowest BCUT2D eigenvalue weighted by molar-refractivity contribution is -0.119. The molecule has 2 rings (SSSR count). The van der Waals surface area contributed by atoms with Crippen LogP contribution in [0.5, 0.6) is 0 Å². The van der Waals surface area contributed by atoms with Crippen molar-refractivity contribution in [1.29, 1.82) is 0 Å². The molecule has 1 amide bonds. The normalized spacial score (nSPS) is 15.4. The summed E-state index contributed by atoms with van der Waals surface area (Å²) in [5.41, 5.74) is 5.72. The average Bonchev–Trinajstić information content (AvgIpc) is 3.75. The van der Waals surface area contributed by atoms with Crippen molar-refractivity contribution in [3.05, 3.63) is 43.8 Å². The predicted molar refractivity (Wildman–Crippen MR) is 162 cm³/mol. The van der Waals surface area contributed by atoms with Gasteiger partial charge in [-0.25, -0.2) is 14.4 Å². The highest BCUT2D eigenvalue weighted by atomic mass is 32.1. The van der Waals surface area contributed by atoms with Crippen LogP contribution >= 0.6 is 22.7 Å². The zero-order valence-corrected chi connectivity index (χ0v) is 27.5. The monoisotopic (exact) mass is 676 g/mol. The van der Waals surface area contributed by atoms with Gasteiger partial charge in [0.15, 0.2) is 0 Å². The first kappa shape index (κ1) is 38.2. The summed E-state index contributed by atoms with van der Waals surface area (Å²) >= 11 is 1.73. The highest BCUT2D eigenvalue weighted by Crippen LogP contribution is 2.21. The third kappa shape index (κ3) is 10.8. The summed E-state index contributed by atoms with van der Waals surface area (Å²) in [6.45, 7) is -0.214. The third-order valence-corrected chi connectivity index (χ3v) is 8.84. The number of esters is 2. The minimum Gasteiger partial charge on any atom is -0.477 e. The predicted octanol–water partition coefficient (Wildman–Crippen LogP) is 1.30. The quantitative estimate of drug-likeness (QED) is 0.160. The summed E-state index contributed by atoms with van der Waals surface area (Å²) in [7, 11) is 8.64. The molecule has 2 aromatic heterocycles. The van der Waals surface area contributed by atoms with Crippen molar-refractivity contribution < 1.29 is 62.2 Å². The molecule has 15 nitrogen and oxygen atoms in total. The molecular formula is C28H40N2O13S2. The van der Waals surface area contributed by atoms with E-state index in [1.54, 1.807) is 0 Å². The maximum absolute atomic E-state index is 12.8. The SMILES string of the molecule is CO[C@H]([C@H](CN)OC)[C@@H](COC(=O)c1ccc(C(=O)OC[C@@H](OC)[C@H](OC)[C@H](CNC(=O)c2ccc(C(=O)O)s2)OC)s1)OC. The van der Waals surface area contributed by atoms with E-state index in [0.717, 1.165) is 22.7 Å². The van der Waals surface area contributed by atoms with E-state index in [1.807, 2.05) is 0 Å². The maximum atomic E-state index is 12.8. The van der Waals surface area contributed by atoms with Gasteiger partial charge in [-0.15, -0.1) is 22.7 Å². The van der Waals surface area contributed by atoms with Crippen LogP contribution in [-0.2, 0) is 37.9 Å². The van der Waals surface area contributed by atoms with Crippen LogP contribution in [-0.4, -0.2) is 135 Å². The zero-order chi connectivity index (χ0) is 33.5. The molecule has 252 valence electrons. The van der Waals surface area contributed by atoms with E-state index in [4.69, 9.17) is 48.7 Å². The number of nitrogens with two attached hydrogens (primary N) is 1. The van der Waals surface area contributed by atoms with E-state index >= 15 is 0 Å². The van der Waals surface area contributed by atoms with Crippen molar-refractivity contribution in [3.63, 3.8) is 0 Å². The summed E-state index contributed by atoms with van der Waals surface area (Å²) in [4.78, 5) is 49.7. The van der Waals surface area contributed by atoms with Gasteiger partial charge in [-0.3, -0.25) is 4.79 Å². The van der Waals surface area contributed by atoms with Crippen LogP contribution in [0.3, 0.4) is 0 Å². The first-order valence-corrected chi connectivity index (χ1v) is 15.1. The molecule has 0 spiro atoms. The van der Waals surface area contributed by atoms with Gasteiger partial charge in [0.05, 0.1) is 11.0 Å². The van der Waals surface area contributed by atoms with Crippen LogP contribution in [0.1, 0.15) is 38.7 Å². The Bertz CT molecular complexity index is 1230. The Balaban J connectivity index is 1.96. The van der Waals surface area contributed by atoms with Crippen molar-refractivity contribution >= 4 is 46.5 Å². The number of thiophene rings is 2. The fourth-order valence-electron chi connectivity index (χ4n) is 4.25. The summed E-state index contributed by atoms with van der Waals surface area (Å²) in [5, 5.41) is 11.8. The summed E-state index contributed by atoms with van der Waals surface area (Å²) in [5.74, 6) is -2.98. The Morgan fingerprint density at radius 1 is 0.667 bits per heavy atom. The van der Waals surface area contributed by atoms with E-state index in [9.17, 15) is 19.2 Å². The van der Waals surface area contributed by atoms with Crippen molar-refractivity contribution in [2.45, 2.75) is 36.6 Å². The lowest BCUT2D eigenvalue weighted by Crippen LogP contribution is -2.49. The van der Waals surface area contributed by atoms with Crippen molar-refractivity contribution in [2.24, 2.45) is 5.73 Å². The van der Waals surface area contributed by atoms with E-state index in [1.165, 1.54) is 66.9 Å². The van der Waals surface area contributed by atoms with E-state index < -0.39 is 60.4 Å². The fourth-order valence-corrected chi connectivity index (χ4v) is 5.80. The number of rotatable bonds is 21. The molecule has 2 heterocycles. The summed E-state index contributed by atoms with van der Waals surface area (Å²) < 4.78 is 43.5. The van der Waals surface area contributed by atoms with Gasteiger partial charge in [0, 0.05) is 55.7 Å². The number of carbonyl (C=O) groups excluding carboxylic acids is 3. The van der Waals surface area contributed by atoms with E-state index in [0.29, 0.717) is 0 Å². The van der Waals surface area contributed by atoms with Crippen molar-refractivity contribution in [2.75, 3.05) is 69.0 Å². The zero-order valence-electron chi connectivity index (χ0n) is 25.8. The Hall–Kier alpha value is -3.00. The molecule has 0 saturated carbocycles. The van der Waals surface area contributed by atoms with Gasteiger partial charge in [-0.1, -0.05) is 0 Å². The van der Waals surface area contributed by atoms with Crippen LogP contribution in [0.15, 0.2) is 24.3 Å². The van der Waals surface area contributed by atoms with Gasteiger partial charge in [-0.05, 0) is 24.3 Å². The number of hydrogen-bond donors (Lipinski definition) is 3. The highest BCUT2D eigenvalue weighted by Gasteiger charge is 2.33. The van der Waals surface area contributed by atoms with Crippen LogP contribution in [0.25, 0.3) is 0 Å². The molecule has 0 aromatic carbocycles. The molecular weight excluding hydrogens is 636 g/mol. The van der Waals surface area contributed by atoms with Crippen LogP contribution < -0.4 is 11.1 Å². The summed E-state index contributed by atoms with van der Waals surface area (Å²) in [6.07, 6.45) is -4.01. The number of ether oxygens (including phenoxy) is 8. The van der Waals surface area contributed by atoms with Gasteiger partial charge < -0.3 is 54.1 Å². The van der Waals surface area contributed by atoms with Crippen LogP contribution in [0.4, 0.5) is 0 Å². The number of nitrogens with one attached hydrogen (secondary N) is 1. The standard InChI is InChI=1S/C28H40N2O13S2/c1-36-15(11-29)23(40-5)17(38-3)13-42-27(34)21-9-10-22(45-21)28(35)43-14-18(39-4)24(41-6)16(37-2)12-30-25(31)19-7-8-20(44-19)26(32)33/h7-10,15-18,23-24H,11-14,29H2,1-6H3,(H,30,31)(H,32,33)/t15-,16-,17+,18+,23+,24+/m0/s1. The number of carboxylic acid groups (broad SMARTS) is 1. The minimum absolute atomic E-state index is 0.00818. The molecule has 0 bridgehead atoms. The molecule has 45 heavy (non-hydrogen) atoms. The Kier molecular flexibility index (Phi) is 16.5. The molecule has 0 unspecified atom stereocenters. The van der Waals surface area contributed by atoms with Gasteiger partial charge in [-0.2, -0.15) is 0 Å². The van der Waals surface area contributed by atoms with Crippen molar-refractivity contribution in [3.8, 4) is 0 Å². The van der Waals surface area contributed by atoms with Crippen LogP contribution in [0.2, 0.25) is 0 Å². The molecule has 17 heteroatoms. The topological polar surface area (TPSA) is 200 Å². The second-order valence-corrected chi connectivity index (χ2v) is 11.4. The first-order valence-electron chi connectivity index (χ1n) is 13.5. The Morgan fingerprint density at radius 2 is 1.09 bits per heavy atom. The minimum atomic E-state index is -1.12. The number of carbonyl (C=O) groups is 4. The Labute approximate surface area is 268 Å². The summed E-state index contributed by atoms with van der Waals surface area (Å²) in [6, 6.07) is 5.64. The molecule has 0 aliphatic carbocycles. The molecule has 0 aliphatic rings. The average molecular weight is 677 g/mol. The number of carboxylic acids is 1. The van der Waals surface area contributed by atoms with Crippen LogP contribution in [0, 0.1) is 0 Å². The van der Waals surface area contributed by atoms with Gasteiger partial charge >= 0.3 is 17.9 Å². The lowest BCUT2D eigenvalue weighted by atomic mass is 10.1. The fraction of sp³-hybridized carbons (Fsp3) is 0.571. The van der Waals surface area contributed by atoms with E-state index in [2.05, 4.69) is 5.32 Å². The number of methoxy groups -OCH3 is 6. The van der Waals surface area contributed by atoms with Gasteiger partial charge in [0.2, 0.25) is 0 Å². The van der Waals surface area contributed by atoms with E-state index in [-0.39, 0.29) is 45.8 Å².